The fourth-order valence-corrected chi connectivity index (χ4v) is 1.96. The van der Waals surface area contributed by atoms with E-state index in [-0.39, 0.29) is 0 Å². The molecular formula is C11H23Cl. The fraction of sp³-hybridized carbons (Fsp3) is 1.00. The molecule has 0 fully saturated rings. The van der Waals surface area contributed by atoms with Crippen LogP contribution in [0.1, 0.15) is 53.9 Å². The first-order valence-corrected chi connectivity index (χ1v) is 5.41. The highest BCUT2D eigenvalue weighted by atomic mass is 35.5. The van der Waals surface area contributed by atoms with Crippen LogP contribution in [0.5, 0.6) is 0 Å². The van der Waals surface area contributed by atoms with Crippen molar-refractivity contribution in [1.82, 2.24) is 0 Å². The first-order valence-electron chi connectivity index (χ1n) is 4.97. The Bertz CT molecular complexity index is 114. The lowest BCUT2D eigenvalue weighted by Gasteiger charge is -2.26. The zero-order valence-corrected chi connectivity index (χ0v) is 9.91. The molecule has 0 saturated heterocycles. The lowest BCUT2D eigenvalue weighted by molar-refractivity contribution is 0.281. The monoisotopic (exact) mass is 190 g/mol. The number of alkyl halides is 1. The second kappa shape index (κ2) is 5.11. The van der Waals surface area contributed by atoms with Crippen LogP contribution in [0.3, 0.4) is 0 Å². The van der Waals surface area contributed by atoms with Gasteiger partial charge in [0.1, 0.15) is 0 Å². The largest absolute Gasteiger partial charge is 0.123 e. The van der Waals surface area contributed by atoms with E-state index in [0.29, 0.717) is 10.8 Å². The van der Waals surface area contributed by atoms with Crippen molar-refractivity contribution < 1.29 is 0 Å². The van der Waals surface area contributed by atoms with E-state index in [4.69, 9.17) is 11.6 Å². The first kappa shape index (κ1) is 12.3. The molecule has 1 atom stereocenters. The van der Waals surface area contributed by atoms with Crippen LogP contribution >= 0.6 is 11.6 Å². The van der Waals surface area contributed by atoms with Crippen LogP contribution in [-0.2, 0) is 0 Å². The third-order valence-electron chi connectivity index (χ3n) is 2.23. The molecule has 0 spiro atoms. The molecule has 0 radical (unpaired) electrons. The maximum Gasteiger partial charge on any atom is 0.0312 e. The van der Waals surface area contributed by atoms with E-state index in [1.165, 1.54) is 12.8 Å². The summed E-state index contributed by atoms with van der Waals surface area (Å²) in [5, 5.41) is 0.312. The molecule has 0 aromatic heterocycles. The summed E-state index contributed by atoms with van der Waals surface area (Å²) in [6.45, 7) is 11.3. The molecule has 0 nitrogen and oxygen atoms in total. The molecule has 0 amide bonds. The van der Waals surface area contributed by atoms with Crippen molar-refractivity contribution >= 4 is 11.6 Å². The van der Waals surface area contributed by atoms with Gasteiger partial charge in [0.25, 0.3) is 0 Å². The van der Waals surface area contributed by atoms with Gasteiger partial charge in [-0.05, 0) is 31.1 Å². The smallest absolute Gasteiger partial charge is 0.0312 e. The van der Waals surface area contributed by atoms with Gasteiger partial charge in [0.05, 0.1) is 0 Å². The van der Waals surface area contributed by atoms with Crippen molar-refractivity contribution in [3.05, 3.63) is 0 Å². The van der Waals surface area contributed by atoms with Gasteiger partial charge in [0.15, 0.2) is 0 Å². The summed E-state index contributed by atoms with van der Waals surface area (Å²) in [6, 6.07) is 0. The van der Waals surface area contributed by atoms with Crippen LogP contribution in [-0.4, -0.2) is 5.38 Å². The third kappa shape index (κ3) is 6.97. The standard InChI is InChI=1S/C11H23Cl/c1-9(2)6-7-11(4,5)8-10(3)12/h9-10H,6-8H2,1-5H3. The van der Waals surface area contributed by atoms with Crippen LogP contribution in [0.15, 0.2) is 0 Å². The molecule has 74 valence electrons. The molecule has 0 aliphatic carbocycles. The molecule has 0 aliphatic heterocycles. The van der Waals surface area contributed by atoms with Gasteiger partial charge in [-0.2, -0.15) is 0 Å². The predicted molar refractivity (Wildman–Crippen MR) is 57.8 cm³/mol. The summed E-state index contributed by atoms with van der Waals surface area (Å²) >= 11 is 5.98. The maximum atomic E-state index is 5.98. The fourth-order valence-electron chi connectivity index (χ4n) is 1.54. The predicted octanol–water partition coefficient (Wildman–Crippen LogP) is 4.47. The summed E-state index contributed by atoms with van der Waals surface area (Å²) in [7, 11) is 0. The summed E-state index contributed by atoms with van der Waals surface area (Å²) in [6.07, 6.45) is 3.74. The van der Waals surface area contributed by atoms with E-state index >= 15 is 0 Å². The minimum absolute atomic E-state index is 0.312. The van der Waals surface area contributed by atoms with Crippen LogP contribution in [0.4, 0.5) is 0 Å². The second-order valence-electron chi connectivity index (χ2n) is 5.08. The van der Waals surface area contributed by atoms with E-state index in [1.807, 2.05) is 0 Å². The second-order valence-corrected chi connectivity index (χ2v) is 5.83. The Hall–Kier alpha value is 0.290. The molecule has 12 heavy (non-hydrogen) atoms. The molecule has 0 saturated carbocycles. The molecule has 0 aromatic carbocycles. The highest BCUT2D eigenvalue weighted by molar-refractivity contribution is 6.20. The molecule has 1 unspecified atom stereocenters. The van der Waals surface area contributed by atoms with Crippen molar-refractivity contribution in [2.24, 2.45) is 11.3 Å². The highest BCUT2D eigenvalue weighted by Crippen LogP contribution is 2.31. The summed E-state index contributed by atoms with van der Waals surface area (Å²) in [4.78, 5) is 0. The van der Waals surface area contributed by atoms with Crippen molar-refractivity contribution in [3.63, 3.8) is 0 Å². The Balaban J connectivity index is 3.71. The van der Waals surface area contributed by atoms with Gasteiger partial charge in [-0.1, -0.05) is 34.1 Å². The number of hydrogen-bond donors (Lipinski definition) is 0. The average molecular weight is 191 g/mol. The molecule has 0 N–H and O–H groups in total. The molecular weight excluding hydrogens is 168 g/mol. The number of hydrogen-bond acceptors (Lipinski definition) is 0. The van der Waals surface area contributed by atoms with E-state index in [0.717, 1.165) is 12.3 Å². The number of halogens is 1. The van der Waals surface area contributed by atoms with Crippen molar-refractivity contribution in [2.45, 2.75) is 59.3 Å². The van der Waals surface area contributed by atoms with Crippen molar-refractivity contribution in [3.8, 4) is 0 Å². The van der Waals surface area contributed by atoms with Gasteiger partial charge in [-0.25, -0.2) is 0 Å². The summed E-state index contributed by atoms with van der Waals surface area (Å²) in [5.74, 6) is 0.815. The van der Waals surface area contributed by atoms with Crippen LogP contribution < -0.4 is 0 Å². The van der Waals surface area contributed by atoms with Gasteiger partial charge in [-0.15, -0.1) is 11.6 Å². The SMILES string of the molecule is CC(C)CCC(C)(C)CC(C)Cl. The van der Waals surface area contributed by atoms with E-state index in [1.54, 1.807) is 0 Å². The Labute approximate surface area is 82.7 Å². The average Bonchev–Trinajstić information content (AvgIpc) is 1.81. The maximum absolute atomic E-state index is 5.98. The molecule has 0 bridgehead atoms. The molecule has 0 rings (SSSR count). The minimum atomic E-state index is 0.312. The quantitative estimate of drug-likeness (QED) is 0.562. The highest BCUT2D eigenvalue weighted by Gasteiger charge is 2.19. The normalized spacial score (nSPS) is 15.2. The molecule has 1 heteroatoms. The molecule has 0 aromatic rings. The molecule has 0 heterocycles. The van der Waals surface area contributed by atoms with E-state index in [2.05, 4.69) is 34.6 Å². The Morgan fingerprint density at radius 2 is 1.67 bits per heavy atom. The van der Waals surface area contributed by atoms with Crippen LogP contribution in [0.2, 0.25) is 0 Å². The molecule has 0 aliphatic rings. The van der Waals surface area contributed by atoms with E-state index < -0.39 is 0 Å². The zero-order valence-electron chi connectivity index (χ0n) is 9.15. The van der Waals surface area contributed by atoms with Crippen molar-refractivity contribution in [1.29, 1.82) is 0 Å². The van der Waals surface area contributed by atoms with E-state index in [9.17, 15) is 0 Å². The third-order valence-corrected chi connectivity index (χ3v) is 2.39. The summed E-state index contributed by atoms with van der Waals surface area (Å²) in [5.41, 5.74) is 0.422. The van der Waals surface area contributed by atoms with Gasteiger partial charge in [0.2, 0.25) is 0 Å². The van der Waals surface area contributed by atoms with Gasteiger partial charge < -0.3 is 0 Å². The Morgan fingerprint density at radius 1 is 1.17 bits per heavy atom. The van der Waals surface area contributed by atoms with Crippen LogP contribution in [0, 0.1) is 11.3 Å². The van der Waals surface area contributed by atoms with Gasteiger partial charge in [-0.3, -0.25) is 0 Å². The first-order chi connectivity index (χ1) is 5.33. The van der Waals surface area contributed by atoms with Gasteiger partial charge >= 0.3 is 0 Å². The lowest BCUT2D eigenvalue weighted by atomic mass is 9.81. The van der Waals surface area contributed by atoms with Gasteiger partial charge in [0, 0.05) is 5.38 Å². The topological polar surface area (TPSA) is 0 Å². The van der Waals surface area contributed by atoms with Crippen LogP contribution in [0.25, 0.3) is 0 Å². The Morgan fingerprint density at radius 3 is 2.00 bits per heavy atom. The zero-order chi connectivity index (χ0) is 9.78. The minimum Gasteiger partial charge on any atom is -0.123 e. The van der Waals surface area contributed by atoms with Crippen molar-refractivity contribution in [2.75, 3.05) is 0 Å². The summed E-state index contributed by atoms with van der Waals surface area (Å²) < 4.78 is 0. The lowest BCUT2D eigenvalue weighted by Crippen LogP contribution is -2.16. The Kier molecular flexibility index (Phi) is 5.24. The number of rotatable bonds is 5.